The van der Waals surface area contributed by atoms with E-state index in [1.165, 1.54) is 4.90 Å². The average molecular weight is 611 g/mol. The Kier molecular flexibility index (Phi) is 9.86. The molecule has 4 amide bonds. The normalized spacial score (nSPS) is 13.0. The number of aromatic nitrogens is 2. The summed E-state index contributed by atoms with van der Waals surface area (Å²) >= 11 is 0. The van der Waals surface area contributed by atoms with Crippen molar-refractivity contribution in [3.8, 4) is 11.4 Å². The van der Waals surface area contributed by atoms with Gasteiger partial charge in [-0.15, -0.1) is 0 Å². The topological polar surface area (TPSA) is 132 Å². The van der Waals surface area contributed by atoms with Crippen LogP contribution in [0.5, 0.6) is 0 Å². The summed E-state index contributed by atoms with van der Waals surface area (Å²) in [6.45, 7) is 3.89. The van der Waals surface area contributed by atoms with Crippen LogP contribution in [0.1, 0.15) is 20.7 Å². The summed E-state index contributed by atoms with van der Waals surface area (Å²) in [7, 11) is 7.30. The zero-order valence-corrected chi connectivity index (χ0v) is 26.0. The van der Waals surface area contributed by atoms with Crippen molar-refractivity contribution < 1.29 is 19.1 Å². The van der Waals surface area contributed by atoms with Gasteiger partial charge >= 0.3 is 6.03 Å². The van der Waals surface area contributed by atoms with E-state index in [9.17, 15) is 14.4 Å². The fraction of sp³-hybridized carbons (Fsp3) is 0.303. The molecular formula is C33H38N8O4. The maximum Gasteiger partial charge on any atom is 0.323 e. The molecular weight excluding hydrogens is 572 g/mol. The van der Waals surface area contributed by atoms with Crippen molar-refractivity contribution in [2.45, 2.75) is 0 Å². The van der Waals surface area contributed by atoms with E-state index in [-0.39, 0.29) is 11.8 Å². The van der Waals surface area contributed by atoms with Gasteiger partial charge in [0.1, 0.15) is 5.82 Å². The van der Waals surface area contributed by atoms with Crippen molar-refractivity contribution in [2.75, 3.05) is 83.1 Å². The van der Waals surface area contributed by atoms with Gasteiger partial charge in [0, 0.05) is 73.7 Å². The lowest BCUT2D eigenvalue weighted by atomic mass is 10.1. The summed E-state index contributed by atoms with van der Waals surface area (Å²) in [4.78, 5) is 53.1. The third-order valence-electron chi connectivity index (χ3n) is 7.29. The molecule has 234 valence electrons. The van der Waals surface area contributed by atoms with E-state index < -0.39 is 6.03 Å². The van der Waals surface area contributed by atoms with Crippen LogP contribution >= 0.6 is 0 Å². The first kappa shape index (κ1) is 31.4. The smallest absolute Gasteiger partial charge is 0.323 e. The number of carbonyl (C=O) groups excluding carboxylic acids is 3. The monoisotopic (exact) mass is 610 g/mol. The molecule has 1 fully saturated rings. The lowest BCUT2D eigenvalue weighted by Crippen LogP contribution is -2.37. The summed E-state index contributed by atoms with van der Waals surface area (Å²) in [5.74, 6) is 1.04. The quantitative estimate of drug-likeness (QED) is 0.261. The van der Waals surface area contributed by atoms with Crippen LogP contribution in [0.2, 0.25) is 0 Å². The number of rotatable bonds is 9. The minimum atomic E-state index is -0.414. The molecule has 0 bridgehead atoms. The molecule has 0 unspecified atom stereocenters. The number of ether oxygens (including phenoxy) is 1. The maximum atomic E-state index is 12.9. The van der Waals surface area contributed by atoms with Gasteiger partial charge in [-0.2, -0.15) is 0 Å². The Hall–Kier alpha value is -5.07. The molecule has 2 heterocycles. The zero-order chi connectivity index (χ0) is 31.9. The largest absolute Gasteiger partial charge is 0.378 e. The van der Waals surface area contributed by atoms with E-state index in [1.54, 1.807) is 56.6 Å². The van der Waals surface area contributed by atoms with Gasteiger partial charge in [-0.1, -0.05) is 0 Å². The highest BCUT2D eigenvalue weighted by molar-refractivity contribution is 6.01. The van der Waals surface area contributed by atoms with E-state index in [1.807, 2.05) is 43.3 Å². The number of morpholine rings is 1. The van der Waals surface area contributed by atoms with Crippen LogP contribution in [0.4, 0.5) is 22.0 Å². The highest BCUT2D eigenvalue weighted by Gasteiger charge is 2.19. The van der Waals surface area contributed by atoms with Crippen LogP contribution in [-0.4, -0.2) is 105 Å². The van der Waals surface area contributed by atoms with Gasteiger partial charge < -0.3 is 35.4 Å². The van der Waals surface area contributed by atoms with Gasteiger partial charge in [0.15, 0.2) is 5.82 Å². The number of urea groups is 1. The highest BCUT2D eigenvalue weighted by Crippen LogP contribution is 2.29. The van der Waals surface area contributed by atoms with Gasteiger partial charge in [0.05, 0.1) is 18.7 Å². The Morgan fingerprint density at radius 3 is 2.07 bits per heavy atom. The zero-order valence-electron chi connectivity index (χ0n) is 26.0. The predicted octanol–water partition coefficient (Wildman–Crippen LogP) is 3.77. The maximum absolute atomic E-state index is 12.9. The van der Waals surface area contributed by atoms with E-state index in [0.29, 0.717) is 66.7 Å². The average Bonchev–Trinajstić information content (AvgIpc) is 3.04. The second-order valence-corrected chi connectivity index (χ2v) is 11.2. The minimum Gasteiger partial charge on any atom is -0.378 e. The number of anilines is 3. The lowest BCUT2D eigenvalue weighted by molar-refractivity contribution is 0.0827. The van der Waals surface area contributed by atoms with E-state index in [0.717, 1.165) is 23.3 Å². The van der Waals surface area contributed by atoms with E-state index >= 15 is 0 Å². The molecule has 1 aliphatic heterocycles. The molecule has 3 N–H and O–H groups in total. The molecule has 0 radical (unpaired) electrons. The van der Waals surface area contributed by atoms with Crippen molar-refractivity contribution in [1.29, 1.82) is 0 Å². The van der Waals surface area contributed by atoms with Crippen molar-refractivity contribution in [3.05, 3.63) is 77.9 Å². The Morgan fingerprint density at radius 1 is 0.822 bits per heavy atom. The van der Waals surface area contributed by atoms with E-state index in [2.05, 4.69) is 20.9 Å². The van der Waals surface area contributed by atoms with Crippen LogP contribution in [-0.2, 0) is 4.74 Å². The minimum absolute atomic E-state index is 0.111. The van der Waals surface area contributed by atoms with Gasteiger partial charge in [-0.05, 0) is 80.8 Å². The Morgan fingerprint density at radius 2 is 1.44 bits per heavy atom. The van der Waals surface area contributed by atoms with Gasteiger partial charge in [-0.25, -0.2) is 14.8 Å². The molecule has 0 spiro atoms. The summed E-state index contributed by atoms with van der Waals surface area (Å²) in [5, 5.41) is 9.43. The van der Waals surface area contributed by atoms with Crippen LogP contribution < -0.4 is 20.9 Å². The SMILES string of the molecule is CN(C)CCNC(=O)c1ccc2c(N3CCOCC3)nc(-c3ccc(NC(=O)Nc4ccc(C(=O)N(C)C)cc4)cc3)nc2c1. The number of amides is 4. The van der Waals surface area contributed by atoms with Crippen LogP contribution in [0, 0.1) is 0 Å². The Labute approximate surface area is 262 Å². The molecule has 5 rings (SSSR count). The molecule has 0 aliphatic carbocycles. The van der Waals surface area contributed by atoms with Crippen LogP contribution in [0.15, 0.2) is 66.7 Å². The van der Waals surface area contributed by atoms with Crippen LogP contribution in [0.25, 0.3) is 22.3 Å². The summed E-state index contributed by atoms with van der Waals surface area (Å²) in [5.41, 5.74) is 3.64. The number of carbonyl (C=O) groups is 3. The van der Waals surface area contributed by atoms with Gasteiger partial charge in [0.25, 0.3) is 11.8 Å². The number of nitrogens with zero attached hydrogens (tertiary/aromatic N) is 5. The molecule has 12 heteroatoms. The third-order valence-corrected chi connectivity index (χ3v) is 7.29. The number of benzene rings is 3. The van der Waals surface area contributed by atoms with Crippen LogP contribution in [0.3, 0.4) is 0 Å². The molecule has 4 aromatic rings. The predicted molar refractivity (Wildman–Crippen MR) is 176 cm³/mol. The first-order valence-electron chi connectivity index (χ1n) is 14.8. The number of hydrogen-bond acceptors (Lipinski definition) is 8. The molecule has 1 aliphatic rings. The second kappa shape index (κ2) is 14.1. The van der Waals surface area contributed by atoms with Crippen molar-refractivity contribution in [2.24, 2.45) is 0 Å². The molecule has 0 saturated carbocycles. The van der Waals surface area contributed by atoms with Crippen molar-refractivity contribution in [1.82, 2.24) is 25.1 Å². The standard InChI is InChI=1S/C33H38N8O4/c1-39(2)16-15-34-31(42)24-9-14-27-28(21-24)37-29(38-30(27)41-17-19-45-20-18-41)22-5-10-25(11-6-22)35-33(44)36-26-12-7-23(8-13-26)32(43)40(3)4/h5-14,21H,15-20H2,1-4H3,(H,34,42)(H2,35,36,44). The molecule has 0 atom stereocenters. The molecule has 1 aromatic heterocycles. The number of hydrogen-bond donors (Lipinski definition) is 3. The number of likely N-dealkylation sites (N-methyl/N-ethyl adjacent to an activating group) is 1. The Balaban J connectivity index is 1.34. The highest BCUT2D eigenvalue weighted by atomic mass is 16.5. The van der Waals surface area contributed by atoms with E-state index in [4.69, 9.17) is 14.7 Å². The Bertz CT molecular complexity index is 1670. The first-order valence-corrected chi connectivity index (χ1v) is 14.8. The molecule has 12 nitrogen and oxygen atoms in total. The lowest BCUT2D eigenvalue weighted by Gasteiger charge is -2.29. The summed E-state index contributed by atoms with van der Waals surface area (Å²) in [6, 6.07) is 19.1. The van der Waals surface area contributed by atoms with Crippen molar-refractivity contribution in [3.63, 3.8) is 0 Å². The molecule has 45 heavy (non-hydrogen) atoms. The second-order valence-electron chi connectivity index (χ2n) is 11.2. The summed E-state index contributed by atoms with van der Waals surface area (Å²) < 4.78 is 5.56. The fourth-order valence-corrected chi connectivity index (χ4v) is 4.84. The molecule has 3 aromatic carbocycles. The van der Waals surface area contributed by atoms with Crippen molar-refractivity contribution >= 4 is 45.9 Å². The fourth-order valence-electron chi connectivity index (χ4n) is 4.84. The van der Waals surface area contributed by atoms with Gasteiger partial charge in [-0.3, -0.25) is 9.59 Å². The third kappa shape index (κ3) is 7.91. The van der Waals surface area contributed by atoms with Gasteiger partial charge in [0.2, 0.25) is 0 Å². The summed E-state index contributed by atoms with van der Waals surface area (Å²) in [6.07, 6.45) is 0. The first-order chi connectivity index (χ1) is 21.7. The number of nitrogens with one attached hydrogen (secondary N) is 3. The number of fused-ring (bicyclic) bond motifs is 1. The molecule has 1 saturated heterocycles.